The molecule has 0 aliphatic rings. The molecule has 2 rings (SSSR count). The molecule has 0 aliphatic carbocycles. The Kier molecular flexibility index (Phi) is 4.70. The van der Waals surface area contributed by atoms with Gasteiger partial charge in [-0.1, -0.05) is 30.3 Å². The van der Waals surface area contributed by atoms with Gasteiger partial charge in [-0.25, -0.2) is 0 Å². The normalized spacial score (nSPS) is 14.1. The molecule has 0 saturated heterocycles. The van der Waals surface area contributed by atoms with Gasteiger partial charge in [-0.15, -0.1) is 0 Å². The number of carbonyl (C=O) groups excluding carboxylic acids is 1. The fourth-order valence-electron chi connectivity index (χ4n) is 1.99. The quantitative estimate of drug-likeness (QED) is 0.909. The fourth-order valence-corrected chi connectivity index (χ4v) is 1.99. The first-order valence-electron chi connectivity index (χ1n) is 6.79. The van der Waals surface area contributed by atoms with Crippen molar-refractivity contribution in [3.05, 3.63) is 65.5 Å². The fraction of sp³-hybridized carbons (Fsp3) is 0.250. The van der Waals surface area contributed by atoms with E-state index in [1.165, 1.54) is 6.92 Å². The highest BCUT2D eigenvalue weighted by Gasteiger charge is 2.33. The number of alkyl halides is 3. The first-order chi connectivity index (χ1) is 10.7. The first-order valence-corrected chi connectivity index (χ1v) is 6.79. The zero-order valence-corrected chi connectivity index (χ0v) is 12.3. The Morgan fingerprint density at radius 2 is 1.83 bits per heavy atom. The van der Waals surface area contributed by atoms with Crippen LogP contribution in [0.4, 0.5) is 13.2 Å². The molecule has 1 aromatic heterocycles. The Hall–Kier alpha value is -2.41. The predicted molar refractivity (Wildman–Crippen MR) is 77.1 cm³/mol. The third-order valence-electron chi connectivity index (χ3n) is 3.35. The van der Waals surface area contributed by atoms with E-state index in [0.29, 0.717) is 5.56 Å². The van der Waals surface area contributed by atoms with Crippen LogP contribution in [0.5, 0.6) is 0 Å². The summed E-state index contributed by atoms with van der Waals surface area (Å²) < 4.78 is 37.9. The molecule has 1 atom stereocenters. The second-order valence-electron chi connectivity index (χ2n) is 5.15. The van der Waals surface area contributed by atoms with Crippen molar-refractivity contribution in [1.82, 2.24) is 10.3 Å². The van der Waals surface area contributed by atoms with E-state index < -0.39 is 23.2 Å². The van der Waals surface area contributed by atoms with Crippen molar-refractivity contribution >= 4 is 5.91 Å². The smallest absolute Gasteiger partial charge is 0.376 e. The second-order valence-corrected chi connectivity index (χ2v) is 5.15. The number of aliphatic hydroxyl groups is 1. The highest BCUT2D eigenvalue weighted by atomic mass is 19.4. The summed E-state index contributed by atoms with van der Waals surface area (Å²) in [4.78, 5) is 15.9. The van der Waals surface area contributed by atoms with Crippen LogP contribution in [0.25, 0.3) is 0 Å². The number of nitrogens with zero attached hydrogens (tertiary/aromatic N) is 1. The molecule has 0 fully saturated rings. The van der Waals surface area contributed by atoms with Crippen molar-refractivity contribution in [3.63, 3.8) is 0 Å². The topological polar surface area (TPSA) is 62.2 Å². The Balaban J connectivity index is 2.08. The summed E-state index contributed by atoms with van der Waals surface area (Å²) in [6.07, 6.45) is -3.45. The number of rotatable bonds is 4. The Morgan fingerprint density at radius 3 is 2.43 bits per heavy atom. The van der Waals surface area contributed by atoms with E-state index >= 15 is 0 Å². The van der Waals surface area contributed by atoms with E-state index in [1.807, 2.05) is 0 Å². The molecular formula is C16H15F3N2O2. The SMILES string of the molecule is C[C@](O)(C(=O)NCc1cc(C(F)(F)F)ccn1)c1ccccc1. The highest BCUT2D eigenvalue weighted by Crippen LogP contribution is 2.29. The molecule has 0 radical (unpaired) electrons. The molecule has 1 aromatic carbocycles. The molecule has 0 spiro atoms. The zero-order chi connectivity index (χ0) is 17.1. The molecule has 0 saturated carbocycles. The van der Waals surface area contributed by atoms with E-state index in [-0.39, 0.29) is 12.2 Å². The summed E-state index contributed by atoms with van der Waals surface area (Å²) in [7, 11) is 0. The summed E-state index contributed by atoms with van der Waals surface area (Å²) in [6, 6.07) is 9.97. The van der Waals surface area contributed by atoms with Crippen LogP contribution in [-0.4, -0.2) is 16.0 Å². The first kappa shape index (κ1) is 17.0. The minimum atomic E-state index is -4.47. The lowest BCUT2D eigenvalue weighted by Gasteiger charge is -2.22. The molecule has 1 amide bonds. The van der Waals surface area contributed by atoms with Gasteiger partial charge in [-0.2, -0.15) is 13.2 Å². The number of amides is 1. The molecule has 2 N–H and O–H groups in total. The molecule has 7 heteroatoms. The average molecular weight is 324 g/mol. The van der Waals surface area contributed by atoms with Gasteiger partial charge in [0.1, 0.15) is 0 Å². The summed E-state index contributed by atoms with van der Waals surface area (Å²) in [5.41, 5.74) is -2.19. The minimum absolute atomic E-state index is 0.0528. The van der Waals surface area contributed by atoms with Gasteiger partial charge < -0.3 is 10.4 Å². The van der Waals surface area contributed by atoms with Gasteiger partial charge in [0.2, 0.25) is 0 Å². The van der Waals surface area contributed by atoms with E-state index in [0.717, 1.165) is 18.3 Å². The largest absolute Gasteiger partial charge is 0.416 e. The molecule has 4 nitrogen and oxygen atoms in total. The maximum absolute atomic E-state index is 12.6. The lowest BCUT2D eigenvalue weighted by Crippen LogP contribution is -2.42. The summed E-state index contributed by atoms with van der Waals surface area (Å²) in [6.45, 7) is 1.10. The van der Waals surface area contributed by atoms with Crippen LogP contribution in [0.3, 0.4) is 0 Å². The Bertz CT molecular complexity index is 685. The molecule has 1 heterocycles. The monoisotopic (exact) mass is 324 g/mol. The zero-order valence-electron chi connectivity index (χ0n) is 12.3. The molecule has 0 aliphatic heterocycles. The van der Waals surface area contributed by atoms with Crippen molar-refractivity contribution in [2.24, 2.45) is 0 Å². The van der Waals surface area contributed by atoms with Crippen LogP contribution < -0.4 is 5.32 Å². The number of benzene rings is 1. The number of hydrogen-bond acceptors (Lipinski definition) is 3. The maximum atomic E-state index is 12.6. The van der Waals surface area contributed by atoms with Crippen LogP contribution in [-0.2, 0) is 23.1 Å². The predicted octanol–water partition coefficient (Wildman–Crippen LogP) is 2.62. The van der Waals surface area contributed by atoms with Crippen molar-refractivity contribution in [1.29, 1.82) is 0 Å². The third-order valence-corrected chi connectivity index (χ3v) is 3.35. The second kappa shape index (κ2) is 6.37. The van der Waals surface area contributed by atoms with Crippen LogP contribution in [0.15, 0.2) is 48.7 Å². The standard InChI is InChI=1S/C16H15F3N2O2/c1-15(23,11-5-3-2-4-6-11)14(22)21-10-13-9-12(7-8-20-13)16(17,18)19/h2-9,23H,10H2,1H3,(H,21,22)/t15-/m1/s1. The number of pyridine rings is 1. The van der Waals surface area contributed by atoms with Gasteiger partial charge in [0.15, 0.2) is 5.60 Å². The number of aromatic nitrogens is 1. The molecular weight excluding hydrogens is 309 g/mol. The number of carbonyl (C=O) groups is 1. The molecule has 122 valence electrons. The molecule has 23 heavy (non-hydrogen) atoms. The van der Waals surface area contributed by atoms with Gasteiger partial charge in [0, 0.05) is 6.20 Å². The van der Waals surface area contributed by atoms with Crippen molar-refractivity contribution in [2.75, 3.05) is 0 Å². The number of halogens is 3. The van der Waals surface area contributed by atoms with Gasteiger partial charge >= 0.3 is 6.18 Å². The van der Waals surface area contributed by atoms with E-state index in [2.05, 4.69) is 10.3 Å². The molecule has 0 bridgehead atoms. The summed E-state index contributed by atoms with van der Waals surface area (Å²) in [5.74, 6) is -0.720. The van der Waals surface area contributed by atoms with Gasteiger partial charge in [0.25, 0.3) is 5.91 Å². The Morgan fingerprint density at radius 1 is 1.17 bits per heavy atom. The summed E-state index contributed by atoms with van der Waals surface area (Å²) >= 11 is 0. The number of hydrogen-bond donors (Lipinski definition) is 2. The highest BCUT2D eigenvalue weighted by molar-refractivity contribution is 5.85. The van der Waals surface area contributed by atoms with Crippen molar-refractivity contribution < 1.29 is 23.1 Å². The van der Waals surface area contributed by atoms with E-state index in [9.17, 15) is 23.1 Å². The third kappa shape index (κ3) is 4.07. The van der Waals surface area contributed by atoms with Gasteiger partial charge in [-0.3, -0.25) is 9.78 Å². The van der Waals surface area contributed by atoms with Crippen LogP contribution in [0.1, 0.15) is 23.7 Å². The minimum Gasteiger partial charge on any atom is -0.376 e. The van der Waals surface area contributed by atoms with E-state index in [1.54, 1.807) is 30.3 Å². The van der Waals surface area contributed by atoms with Crippen molar-refractivity contribution in [3.8, 4) is 0 Å². The van der Waals surface area contributed by atoms with Gasteiger partial charge in [0.05, 0.1) is 17.8 Å². The maximum Gasteiger partial charge on any atom is 0.416 e. The van der Waals surface area contributed by atoms with Crippen LogP contribution >= 0.6 is 0 Å². The molecule has 2 aromatic rings. The van der Waals surface area contributed by atoms with Crippen molar-refractivity contribution in [2.45, 2.75) is 25.2 Å². The average Bonchev–Trinajstić information content (AvgIpc) is 2.53. The van der Waals surface area contributed by atoms with E-state index in [4.69, 9.17) is 0 Å². The van der Waals surface area contributed by atoms with Crippen LogP contribution in [0.2, 0.25) is 0 Å². The van der Waals surface area contributed by atoms with Gasteiger partial charge in [-0.05, 0) is 24.6 Å². The lowest BCUT2D eigenvalue weighted by molar-refractivity contribution is -0.139. The molecule has 0 unspecified atom stereocenters. The van der Waals surface area contributed by atoms with Crippen LogP contribution in [0, 0.1) is 0 Å². The summed E-state index contributed by atoms with van der Waals surface area (Å²) in [5, 5.41) is 12.7. The lowest BCUT2D eigenvalue weighted by atomic mass is 9.95. The Labute approximate surface area is 131 Å². The number of nitrogens with one attached hydrogen (secondary N) is 1.